The topological polar surface area (TPSA) is 78.1 Å². The van der Waals surface area contributed by atoms with Gasteiger partial charge in [0.05, 0.1) is 35.9 Å². The van der Waals surface area contributed by atoms with Gasteiger partial charge in [-0.05, 0) is 54.7 Å². The number of nitrogens with zero attached hydrogens (tertiary/aromatic N) is 6. The molecule has 3 aromatic heterocycles. The second-order valence-electron chi connectivity index (χ2n) is 10.1. The Morgan fingerprint density at radius 3 is 2.62 bits per heavy atom. The van der Waals surface area contributed by atoms with Crippen molar-refractivity contribution in [3.05, 3.63) is 66.2 Å². The number of pyridine rings is 1. The normalized spacial score (nSPS) is 20.5. The van der Waals surface area contributed by atoms with E-state index in [1.807, 2.05) is 55.2 Å². The average Bonchev–Trinajstić information content (AvgIpc) is 3.24. The average molecular weight is 497 g/mol. The minimum atomic E-state index is -0.296. The van der Waals surface area contributed by atoms with Gasteiger partial charge in [0.25, 0.3) is 0 Å². The Bertz CT molecular complexity index is 1690. The lowest BCUT2D eigenvalue weighted by Gasteiger charge is -2.20. The third-order valence-corrected chi connectivity index (χ3v) is 7.82. The largest absolute Gasteiger partial charge is 0.469 e. The fraction of sp³-hybridized carbons (Fsp3) is 0.286. The molecule has 2 aliphatic rings. The first kappa shape index (κ1) is 22.0. The standard InChI is InChI=1S/C28H25FN6O2/c1-15-9-16(29)10-19-26(18-5-4-6-23-20(18)12-33(2)31-23)32-35(27(15)19)17-7-8-24(30-11-17)34-13-21-22(14-34)25(21)28(36)37-3/h4-12,21-22,25H,13-14H2,1-3H3/t21-,22+,25?. The van der Waals surface area contributed by atoms with Crippen molar-refractivity contribution in [2.24, 2.45) is 24.8 Å². The Morgan fingerprint density at radius 2 is 1.89 bits per heavy atom. The number of piperidine rings is 1. The second-order valence-corrected chi connectivity index (χ2v) is 10.1. The van der Waals surface area contributed by atoms with Crippen molar-refractivity contribution in [3.63, 3.8) is 0 Å². The molecule has 186 valence electrons. The van der Waals surface area contributed by atoms with Gasteiger partial charge in [-0.2, -0.15) is 10.2 Å². The maximum Gasteiger partial charge on any atom is 0.309 e. The van der Waals surface area contributed by atoms with Crippen LogP contribution in [0, 0.1) is 30.5 Å². The molecule has 1 saturated carbocycles. The molecule has 8 nitrogen and oxygen atoms in total. The van der Waals surface area contributed by atoms with E-state index in [0.29, 0.717) is 17.5 Å². The highest BCUT2D eigenvalue weighted by Crippen LogP contribution is 2.52. The summed E-state index contributed by atoms with van der Waals surface area (Å²) in [7, 11) is 3.34. The molecule has 0 amide bonds. The van der Waals surface area contributed by atoms with Crippen LogP contribution in [-0.2, 0) is 16.6 Å². The van der Waals surface area contributed by atoms with Gasteiger partial charge >= 0.3 is 5.97 Å². The summed E-state index contributed by atoms with van der Waals surface area (Å²) >= 11 is 0. The van der Waals surface area contributed by atoms with Crippen molar-refractivity contribution in [1.82, 2.24) is 24.5 Å². The van der Waals surface area contributed by atoms with Gasteiger partial charge in [-0.1, -0.05) is 12.1 Å². The zero-order valence-corrected chi connectivity index (χ0v) is 20.7. The van der Waals surface area contributed by atoms with Gasteiger partial charge in [0.15, 0.2) is 0 Å². The summed E-state index contributed by atoms with van der Waals surface area (Å²) < 4.78 is 23.1. The molecule has 9 heteroatoms. The molecule has 0 radical (unpaired) electrons. The number of anilines is 1. The monoisotopic (exact) mass is 496 g/mol. The molecule has 0 N–H and O–H groups in total. The molecular formula is C28H25FN6O2. The van der Waals surface area contributed by atoms with Crippen LogP contribution in [0.25, 0.3) is 38.8 Å². The van der Waals surface area contributed by atoms with Crippen molar-refractivity contribution < 1.29 is 13.9 Å². The summed E-state index contributed by atoms with van der Waals surface area (Å²) in [6, 6.07) is 13.0. The Balaban J connectivity index is 1.28. The zero-order chi connectivity index (χ0) is 25.4. The number of fused-ring (bicyclic) bond motifs is 3. The Labute approximate surface area is 212 Å². The van der Waals surface area contributed by atoms with Crippen molar-refractivity contribution in [1.29, 1.82) is 0 Å². The highest BCUT2D eigenvalue weighted by Gasteiger charge is 2.60. The number of benzene rings is 2. The third kappa shape index (κ3) is 3.33. The number of halogens is 1. The van der Waals surface area contributed by atoms with E-state index in [1.54, 1.807) is 16.9 Å². The number of aromatic nitrogens is 5. The molecule has 0 spiro atoms. The molecule has 37 heavy (non-hydrogen) atoms. The number of carbonyl (C=O) groups is 1. The fourth-order valence-corrected chi connectivity index (χ4v) is 6.04. The van der Waals surface area contributed by atoms with Gasteiger partial charge in [0.2, 0.25) is 0 Å². The molecule has 4 heterocycles. The van der Waals surface area contributed by atoms with Crippen LogP contribution >= 0.6 is 0 Å². The summed E-state index contributed by atoms with van der Waals surface area (Å²) in [5, 5.41) is 11.2. The second kappa shape index (κ2) is 7.86. The van der Waals surface area contributed by atoms with Gasteiger partial charge in [-0.15, -0.1) is 0 Å². The van der Waals surface area contributed by atoms with Gasteiger partial charge in [-0.25, -0.2) is 14.1 Å². The third-order valence-electron chi connectivity index (χ3n) is 7.82. The van der Waals surface area contributed by atoms with Gasteiger partial charge < -0.3 is 9.64 Å². The zero-order valence-electron chi connectivity index (χ0n) is 20.7. The number of carbonyl (C=O) groups excluding carboxylic acids is 1. The lowest BCUT2D eigenvalue weighted by atomic mass is 10.0. The van der Waals surface area contributed by atoms with Crippen LogP contribution < -0.4 is 4.90 Å². The summed E-state index contributed by atoms with van der Waals surface area (Å²) in [5.41, 5.74) is 4.90. The number of ether oxygens (including phenoxy) is 1. The SMILES string of the molecule is COC(=O)C1[C@H]2CN(c3ccc(-n4nc(-c5cccc6nn(C)cc56)c5cc(F)cc(C)c54)cn3)C[C@@H]12. The first-order valence-electron chi connectivity index (χ1n) is 12.3. The van der Waals surface area contributed by atoms with Crippen molar-refractivity contribution >= 4 is 33.6 Å². The van der Waals surface area contributed by atoms with Gasteiger partial charge in [-0.3, -0.25) is 9.48 Å². The quantitative estimate of drug-likeness (QED) is 0.346. The molecule has 2 aromatic carbocycles. The van der Waals surface area contributed by atoms with Crippen LogP contribution in [-0.4, -0.2) is 50.7 Å². The Morgan fingerprint density at radius 1 is 1.08 bits per heavy atom. The number of esters is 1. The lowest BCUT2D eigenvalue weighted by Crippen LogP contribution is -2.27. The van der Waals surface area contributed by atoms with E-state index in [9.17, 15) is 9.18 Å². The minimum absolute atomic E-state index is 0.0296. The van der Waals surface area contributed by atoms with Crippen LogP contribution in [0.15, 0.2) is 54.9 Å². The molecule has 1 aliphatic carbocycles. The van der Waals surface area contributed by atoms with E-state index >= 15 is 0 Å². The summed E-state index contributed by atoms with van der Waals surface area (Å²) in [5.74, 6) is 1.20. The molecular weight excluding hydrogens is 471 g/mol. The summed E-state index contributed by atoms with van der Waals surface area (Å²) in [6.45, 7) is 3.51. The molecule has 5 aromatic rings. The number of aryl methyl sites for hydroxylation is 2. The highest BCUT2D eigenvalue weighted by molar-refractivity contribution is 6.03. The molecule has 1 unspecified atom stereocenters. The number of rotatable bonds is 4. The van der Waals surface area contributed by atoms with Crippen LogP contribution in [0.4, 0.5) is 10.2 Å². The number of methoxy groups -OCH3 is 1. The first-order valence-corrected chi connectivity index (χ1v) is 12.3. The van der Waals surface area contributed by atoms with Crippen LogP contribution in [0.5, 0.6) is 0 Å². The smallest absolute Gasteiger partial charge is 0.309 e. The van der Waals surface area contributed by atoms with Crippen molar-refractivity contribution in [2.45, 2.75) is 6.92 Å². The van der Waals surface area contributed by atoms with E-state index in [4.69, 9.17) is 14.8 Å². The molecule has 1 saturated heterocycles. The Hall–Kier alpha value is -4.27. The van der Waals surface area contributed by atoms with Gasteiger partial charge in [0, 0.05) is 42.7 Å². The minimum Gasteiger partial charge on any atom is -0.469 e. The molecule has 1 aliphatic heterocycles. The van der Waals surface area contributed by atoms with Crippen LogP contribution in [0.1, 0.15) is 5.56 Å². The highest BCUT2D eigenvalue weighted by atomic mass is 19.1. The van der Waals surface area contributed by atoms with Crippen LogP contribution in [0.2, 0.25) is 0 Å². The van der Waals surface area contributed by atoms with Crippen molar-refractivity contribution in [2.75, 3.05) is 25.1 Å². The van der Waals surface area contributed by atoms with E-state index < -0.39 is 0 Å². The predicted molar refractivity (Wildman–Crippen MR) is 138 cm³/mol. The number of hydrogen-bond acceptors (Lipinski definition) is 6. The number of hydrogen-bond donors (Lipinski definition) is 0. The molecule has 0 bridgehead atoms. The van der Waals surface area contributed by atoms with E-state index in [2.05, 4.69) is 10.00 Å². The molecule has 2 fully saturated rings. The van der Waals surface area contributed by atoms with Gasteiger partial charge in [0.1, 0.15) is 17.3 Å². The summed E-state index contributed by atoms with van der Waals surface area (Å²) in [6.07, 6.45) is 3.77. The van der Waals surface area contributed by atoms with Crippen LogP contribution in [0.3, 0.4) is 0 Å². The summed E-state index contributed by atoms with van der Waals surface area (Å²) in [4.78, 5) is 18.8. The van der Waals surface area contributed by atoms with E-state index in [0.717, 1.165) is 57.5 Å². The first-order chi connectivity index (χ1) is 17.9. The lowest BCUT2D eigenvalue weighted by molar-refractivity contribution is -0.142. The van der Waals surface area contributed by atoms with Crippen molar-refractivity contribution in [3.8, 4) is 16.9 Å². The molecule has 7 rings (SSSR count). The van der Waals surface area contributed by atoms with E-state index in [1.165, 1.54) is 13.2 Å². The Kier molecular flexibility index (Phi) is 4.67. The predicted octanol–water partition coefficient (Wildman–Crippen LogP) is 4.28. The molecule has 3 atom stereocenters. The van der Waals surface area contributed by atoms with E-state index in [-0.39, 0.29) is 17.7 Å². The maximum atomic E-state index is 14.6. The maximum absolute atomic E-state index is 14.6. The fourth-order valence-electron chi connectivity index (χ4n) is 6.04.